The summed E-state index contributed by atoms with van der Waals surface area (Å²) in [6, 6.07) is 1.77. The first-order chi connectivity index (χ1) is 8.65. The van der Waals surface area contributed by atoms with E-state index in [0.29, 0.717) is 25.4 Å². The standard InChI is InChI=1S/C11H16ClN3O3/c1-18-10(16)3-6-14-8-9(7-13)11(17)15-5-2-4-12/h8,14H,2-6H2,1H3,(H,15,17)/b9-8-. The molecule has 0 atom stereocenters. The molecule has 0 aliphatic heterocycles. The number of hydrogen-bond acceptors (Lipinski definition) is 5. The van der Waals surface area contributed by atoms with Crippen LogP contribution in [0.3, 0.4) is 0 Å². The number of hydrogen-bond donors (Lipinski definition) is 2. The summed E-state index contributed by atoms with van der Waals surface area (Å²) < 4.78 is 4.44. The topological polar surface area (TPSA) is 91.2 Å². The van der Waals surface area contributed by atoms with E-state index in [9.17, 15) is 9.59 Å². The Hall–Kier alpha value is -1.74. The van der Waals surface area contributed by atoms with Crippen molar-refractivity contribution in [1.82, 2.24) is 10.6 Å². The number of nitriles is 1. The maximum Gasteiger partial charge on any atom is 0.307 e. The first-order valence-corrected chi connectivity index (χ1v) is 5.93. The average Bonchev–Trinajstić information content (AvgIpc) is 2.38. The maximum absolute atomic E-state index is 11.5. The molecule has 0 saturated carbocycles. The quantitative estimate of drug-likeness (QED) is 0.218. The summed E-state index contributed by atoms with van der Waals surface area (Å²) >= 11 is 5.46. The number of carbonyl (C=O) groups excluding carboxylic acids is 2. The highest BCUT2D eigenvalue weighted by molar-refractivity contribution is 6.17. The molecule has 0 spiro atoms. The third kappa shape index (κ3) is 7.52. The maximum atomic E-state index is 11.5. The average molecular weight is 274 g/mol. The van der Waals surface area contributed by atoms with Gasteiger partial charge in [-0.05, 0) is 6.42 Å². The molecule has 7 heteroatoms. The van der Waals surface area contributed by atoms with Crippen molar-refractivity contribution in [3.8, 4) is 6.07 Å². The summed E-state index contributed by atoms with van der Waals surface area (Å²) in [5.74, 6) is -0.377. The van der Waals surface area contributed by atoms with Crippen LogP contribution < -0.4 is 10.6 Å². The number of amides is 1. The molecule has 0 unspecified atom stereocenters. The second-order valence-electron chi connectivity index (χ2n) is 3.25. The van der Waals surface area contributed by atoms with Crippen molar-refractivity contribution in [3.63, 3.8) is 0 Å². The monoisotopic (exact) mass is 273 g/mol. The molecule has 0 aromatic heterocycles. The molecular weight excluding hydrogens is 258 g/mol. The minimum absolute atomic E-state index is 0.0468. The van der Waals surface area contributed by atoms with Gasteiger partial charge in [0, 0.05) is 25.2 Å². The number of rotatable bonds is 8. The molecule has 0 heterocycles. The fraction of sp³-hybridized carbons (Fsp3) is 0.545. The third-order valence-corrected chi connectivity index (χ3v) is 2.18. The molecule has 0 aromatic rings. The van der Waals surface area contributed by atoms with Gasteiger partial charge in [0.15, 0.2) is 0 Å². The Bertz CT molecular complexity index is 350. The summed E-state index contributed by atoms with van der Waals surface area (Å²) in [6.07, 6.45) is 2.08. The first-order valence-electron chi connectivity index (χ1n) is 5.40. The largest absolute Gasteiger partial charge is 0.469 e. The smallest absolute Gasteiger partial charge is 0.307 e. The Morgan fingerprint density at radius 3 is 2.72 bits per heavy atom. The predicted molar refractivity (Wildman–Crippen MR) is 66.7 cm³/mol. The summed E-state index contributed by atoms with van der Waals surface area (Å²) in [5.41, 5.74) is -0.0468. The van der Waals surface area contributed by atoms with Gasteiger partial charge in [-0.2, -0.15) is 5.26 Å². The fourth-order valence-corrected chi connectivity index (χ4v) is 1.10. The number of methoxy groups -OCH3 is 1. The highest BCUT2D eigenvalue weighted by Crippen LogP contribution is 1.92. The highest BCUT2D eigenvalue weighted by Gasteiger charge is 2.07. The Morgan fingerprint density at radius 1 is 1.44 bits per heavy atom. The molecule has 6 nitrogen and oxygen atoms in total. The van der Waals surface area contributed by atoms with E-state index in [-0.39, 0.29) is 18.0 Å². The number of carbonyl (C=O) groups is 2. The molecule has 0 radical (unpaired) electrons. The van der Waals surface area contributed by atoms with Crippen LogP contribution in [0.2, 0.25) is 0 Å². The van der Waals surface area contributed by atoms with E-state index in [2.05, 4.69) is 15.4 Å². The van der Waals surface area contributed by atoms with Gasteiger partial charge in [0.05, 0.1) is 13.5 Å². The van der Waals surface area contributed by atoms with Gasteiger partial charge in [0.2, 0.25) is 0 Å². The molecular formula is C11H16ClN3O3. The van der Waals surface area contributed by atoms with Crippen LogP contribution in [0.1, 0.15) is 12.8 Å². The number of nitrogens with zero attached hydrogens (tertiary/aromatic N) is 1. The van der Waals surface area contributed by atoms with Crippen LogP contribution in [0.15, 0.2) is 11.8 Å². The van der Waals surface area contributed by atoms with E-state index in [1.165, 1.54) is 13.3 Å². The van der Waals surface area contributed by atoms with Crippen LogP contribution in [0.4, 0.5) is 0 Å². The Morgan fingerprint density at radius 2 is 2.17 bits per heavy atom. The Kier molecular flexibility index (Phi) is 9.41. The van der Waals surface area contributed by atoms with Crippen LogP contribution in [-0.2, 0) is 14.3 Å². The zero-order chi connectivity index (χ0) is 13.8. The van der Waals surface area contributed by atoms with E-state index in [1.54, 1.807) is 6.07 Å². The van der Waals surface area contributed by atoms with E-state index in [4.69, 9.17) is 16.9 Å². The molecule has 0 aliphatic rings. The Balaban J connectivity index is 4.03. The molecule has 0 aliphatic carbocycles. The molecule has 2 N–H and O–H groups in total. The lowest BCUT2D eigenvalue weighted by molar-refractivity contribution is -0.140. The highest BCUT2D eigenvalue weighted by atomic mass is 35.5. The number of nitrogens with one attached hydrogen (secondary N) is 2. The summed E-state index contributed by atoms with van der Waals surface area (Å²) in [6.45, 7) is 0.719. The van der Waals surface area contributed by atoms with Crippen molar-refractivity contribution in [3.05, 3.63) is 11.8 Å². The van der Waals surface area contributed by atoms with Crippen molar-refractivity contribution < 1.29 is 14.3 Å². The van der Waals surface area contributed by atoms with Gasteiger partial charge in [-0.3, -0.25) is 9.59 Å². The lowest BCUT2D eigenvalue weighted by Gasteiger charge is -2.03. The minimum Gasteiger partial charge on any atom is -0.469 e. The van der Waals surface area contributed by atoms with Crippen molar-refractivity contribution in [1.29, 1.82) is 5.26 Å². The van der Waals surface area contributed by atoms with Crippen LogP contribution in [0.5, 0.6) is 0 Å². The first kappa shape index (κ1) is 16.3. The molecule has 100 valence electrons. The normalized spacial score (nSPS) is 10.4. The van der Waals surface area contributed by atoms with Crippen LogP contribution in [0.25, 0.3) is 0 Å². The summed E-state index contributed by atoms with van der Waals surface area (Å²) in [4.78, 5) is 22.3. The van der Waals surface area contributed by atoms with Crippen molar-refractivity contribution in [2.24, 2.45) is 0 Å². The minimum atomic E-state index is -0.465. The van der Waals surface area contributed by atoms with Crippen LogP contribution in [-0.4, -0.2) is 38.0 Å². The molecule has 1 amide bonds. The summed E-state index contributed by atoms with van der Waals surface area (Å²) in [5, 5.41) is 14.0. The van der Waals surface area contributed by atoms with E-state index in [1.807, 2.05) is 0 Å². The number of esters is 1. The lowest BCUT2D eigenvalue weighted by Crippen LogP contribution is -2.27. The third-order valence-electron chi connectivity index (χ3n) is 1.91. The molecule has 0 rings (SSSR count). The fourth-order valence-electron chi connectivity index (χ4n) is 0.963. The van der Waals surface area contributed by atoms with Gasteiger partial charge in [-0.25, -0.2) is 0 Å². The second kappa shape index (κ2) is 10.4. The second-order valence-corrected chi connectivity index (χ2v) is 3.63. The molecule has 0 saturated heterocycles. The number of halogens is 1. The van der Waals surface area contributed by atoms with Crippen LogP contribution >= 0.6 is 11.6 Å². The molecule has 0 aromatic carbocycles. The number of ether oxygens (including phenoxy) is 1. The molecule has 18 heavy (non-hydrogen) atoms. The SMILES string of the molecule is COC(=O)CCN/C=C(/C#N)C(=O)NCCCCl. The molecule has 0 fully saturated rings. The lowest BCUT2D eigenvalue weighted by atomic mass is 10.3. The van der Waals surface area contributed by atoms with Gasteiger partial charge < -0.3 is 15.4 Å². The van der Waals surface area contributed by atoms with Crippen molar-refractivity contribution in [2.45, 2.75) is 12.8 Å². The van der Waals surface area contributed by atoms with Gasteiger partial charge in [0.25, 0.3) is 5.91 Å². The van der Waals surface area contributed by atoms with Gasteiger partial charge in [0.1, 0.15) is 11.6 Å². The van der Waals surface area contributed by atoms with E-state index >= 15 is 0 Å². The van der Waals surface area contributed by atoms with E-state index in [0.717, 1.165) is 0 Å². The molecule has 0 bridgehead atoms. The van der Waals surface area contributed by atoms with Gasteiger partial charge in [-0.1, -0.05) is 0 Å². The van der Waals surface area contributed by atoms with E-state index < -0.39 is 5.91 Å². The zero-order valence-electron chi connectivity index (χ0n) is 10.2. The summed E-state index contributed by atoms with van der Waals surface area (Å²) in [7, 11) is 1.29. The van der Waals surface area contributed by atoms with Gasteiger partial charge >= 0.3 is 5.97 Å². The Labute approximate surface area is 111 Å². The van der Waals surface area contributed by atoms with Gasteiger partial charge in [-0.15, -0.1) is 11.6 Å². The predicted octanol–water partition coefficient (Wildman–Crippen LogP) is 0.292. The zero-order valence-corrected chi connectivity index (χ0v) is 10.9. The van der Waals surface area contributed by atoms with Crippen molar-refractivity contribution >= 4 is 23.5 Å². The number of alkyl halides is 1. The van der Waals surface area contributed by atoms with Crippen molar-refractivity contribution in [2.75, 3.05) is 26.1 Å². The van der Waals surface area contributed by atoms with Crippen LogP contribution in [0, 0.1) is 11.3 Å².